The zero-order valence-electron chi connectivity index (χ0n) is 10.1. The number of nitrogens with one attached hydrogen (secondary N) is 1. The highest BCUT2D eigenvalue weighted by Crippen LogP contribution is 2.20. The van der Waals surface area contributed by atoms with Gasteiger partial charge in [-0.3, -0.25) is 9.59 Å². The zero-order valence-corrected chi connectivity index (χ0v) is 11.6. The van der Waals surface area contributed by atoms with Gasteiger partial charge in [-0.05, 0) is 24.6 Å². The van der Waals surface area contributed by atoms with Crippen LogP contribution in [0.25, 0.3) is 0 Å². The van der Waals surface area contributed by atoms with Crippen molar-refractivity contribution in [2.75, 3.05) is 0 Å². The summed E-state index contributed by atoms with van der Waals surface area (Å²) in [6, 6.07) is 2.88. The largest absolute Gasteiger partial charge is 0.481 e. The van der Waals surface area contributed by atoms with Gasteiger partial charge in [0.1, 0.15) is 6.04 Å². The van der Waals surface area contributed by atoms with Crippen LogP contribution in [-0.4, -0.2) is 34.1 Å². The monoisotopic (exact) mass is 319 g/mol. The van der Waals surface area contributed by atoms with E-state index in [0.717, 1.165) is 0 Å². The lowest BCUT2D eigenvalue weighted by molar-refractivity contribution is -0.140. The number of amides is 1. The second kappa shape index (κ2) is 7.12. The maximum Gasteiger partial charge on any atom is 0.326 e. The standard InChI is InChI=1S/C12H11Cl2NO5/c13-6-1-2-8(14)7(5-6)11(18)15-9(12(19)20)3-4-10(16)17/h1-2,5,9H,3-4H2,(H,15,18)(H,16,17)(H,19,20). The van der Waals surface area contributed by atoms with Crippen molar-refractivity contribution in [1.82, 2.24) is 5.32 Å². The smallest absolute Gasteiger partial charge is 0.326 e. The Morgan fingerprint density at radius 2 is 1.85 bits per heavy atom. The number of aliphatic carboxylic acids is 2. The minimum atomic E-state index is -1.32. The van der Waals surface area contributed by atoms with Crippen LogP contribution in [0.3, 0.4) is 0 Å². The number of benzene rings is 1. The number of carbonyl (C=O) groups excluding carboxylic acids is 1. The van der Waals surface area contributed by atoms with Gasteiger partial charge >= 0.3 is 11.9 Å². The van der Waals surface area contributed by atoms with Gasteiger partial charge in [-0.15, -0.1) is 0 Å². The van der Waals surface area contributed by atoms with E-state index in [1.54, 1.807) is 0 Å². The summed E-state index contributed by atoms with van der Waals surface area (Å²) in [5.74, 6) is -3.20. The molecule has 1 amide bonds. The molecule has 1 atom stereocenters. The second-order valence-electron chi connectivity index (χ2n) is 3.92. The molecule has 0 heterocycles. The summed E-state index contributed by atoms with van der Waals surface area (Å²) in [4.78, 5) is 33.3. The van der Waals surface area contributed by atoms with Crippen LogP contribution >= 0.6 is 23.2 Å². The van der Waals surface area contributed by atoms with E-state index < -0.39 is 23.9 Å². The molecule has 0 aromatic heterocycles. The summed E-state index contributed by atoms with van der Waals surface area (Å²) in [6.07, 6.45) is -0.602. The quantitative estimate of drug-likeness (QED) is 0.744. The fraction of sp³-hybridized carbons (Fsp3) is 0.250. The zero-order chi connectivity index (χ0) is 15.3. The predicted molar refractivity (Wildman–Crippen MR) is 72.2 cm³/mol. The van der Waals surface area contributed by atoms with Crippen LogP contribution in [0.4, 0.5) is 0 Å². The average molecular weight is 320 g/mol. The number of hydrogen-bond donors (Lipinski definition) is 3. The van der Waals surface area contributed by atoms with Crippen LogP contribution < -0.4 is 5.32 Å². The van der Waals surface area contributed by atoms with Gasteiger partial charge in [0, 0.05) is 11.4 Å². The first-order valence-electron chi connectivity index (χ1n) is 5.51. The summed E-state index contributed by atoms with van der Waals surface area (Å²) < 4.78 is 0. The fourth-order valence-corrected chi connectivity index (χ4v) is 1.81. The summed E-state index contributed by atoms with van der Waals surface area (Å²) in [7, 11) is 0. The van der Waals surface area contributed by atoms with Crippen molar-refractivity contribution < 1.29 is 24.6 Å². The summed E-state index contributed by atoms with van der Waals surface area (Å²) in [6.45, 7) is 0. The highest BCUT2D eigenvalue weighted by molar-refractivity contribution is 6.35. The summed E-state index contributed by atoms with van der Waals surface area (Å²) in [5.41, 5.74) is 0.0285. The average Bonchev–Trinajstić information content (AvgIpc) is 2.36. The first kappa shape index (κ1) is 16.3. The van der Waals surface area contributed by atoms with Crippen molar-refractivity contribution in [3.8, 4) is 0 Å². The van der Waals surface area contributed by atoms with E-state index in [1.165, 1.54) is 18.2 Å². The van der Waals surface area contributed by atoms with E-state index in [4.69, 9.17) is 33.4 Å². The third kappa shape index (κ3) is 4.71. The van der Waals surface area contributed by atoms with Gasteiger partial charge < -0.3 is 15.5 Å². The Morgan fingerprint density at radius 1 is 1.20 bits per heavy atom. The third-order valence-corrected chi connectivity index (χ3v) is 2.99. The molecule has 0 fully saturated rings. The Labute approximate surface area is 124 Å². The summed E-state index contributed by atoms with van der Waals surface area (Å²) >= 11 is 11.6. The number of carbonyl (C=O) groups is 3. The van der Waals surface area contributed by atoms with Gasteiger partial charge in [-0.1, -0.05) is 23.2 Å². The van der Waals surface area contributed by atoms with Gasteiger partial charge in [0.25, 0.3) is 5.91 Å². The Hall–Kier alpha value is -1.79. The number of carboxylic acid groups (broad SMARTS) is 2. The molecule has 3 N–H and O–H groups in total. The first-order valence-corrected chi connectivity index (χ1v) is 6.27. The predicted octanol–water partition coefficient (Wildman–Crippen LogP) is 2.04. The fourth-order valence-electron chi connectivity index (χ4n) is 1.43. The van der Waals surface area contributed by atoms with Gasteiger partial charge in [-0.25, -0.2) is 4.79 Å². The highest BCUT2D eigenvalue weighted by Gasteiger charge is 2.22. The molecule has 1 unspecified atom stereocenters. The minimum absolute atomic E-state index is 0.0285. The van der Waals surface area contributed by atoms with Gasteiger partial charge in [-0.2, -0.15) is 0 Å². The topological polar surface area (TPSA) is 104 Å². The maximum atomic E-state index is 11.9. The van der Waals surface area contributed by atoms with E-state index in [1.807, 2.05) is 0 Å². The van der Waals surface area contributed by atoms with Crippen LogP contribution in [0, 0.1) is 0 Å². The Kier molecular flexibility index (Phi) is 5.79. The number of carboxylic acids is 2. The van der Waals surface area contributed by atoms with E-state index in [-0.39, 0.29) is 28.5 Å². The van der Waals surface area contributed by atoms with Crippen LogP contribution in [-0.2, 0) is 9.59 Å². The molecule has 0 saturated carbocycles. The maximum absolute atomic E-state index is 11.9. The van der Waals surface area contributed by atoms with Crippen molar-refractivity contribution in [1.29, 1.82) is 0 Å². The van der Waals surface area contributed by atoms with Gasteiger partial charge in [0.05, 0.1) is 10.6 Å². The van der Waals surface area contributed by atoms with E-state index >= 15 is 0 Å². The van der Waals surface area contributed by atoms with Crippen LogP contribution in [0.5, 0.6) is 0 Å². The van der Waals surface area contributed by atoms with Crippen molar-refractivity contribution >= 4 is 41.0 Å². The molecule has 0 aliphatic heterocycles. The van der Waals surface area contributed by atoms with E-state index in [0.29, 0.717) is 0 Å². The second-order valence-corrected chi connectivity index (χ2v) is 4.76. The van der Waals surface area contributed by atoms with Gasteiger partial charge in [0.2, 0.25) is 0 Å². The van der Waals surface area contributed by atoms with Gasteiger partial charge in [0.15, 0.2) is 0 Å². The molecule has 0 saturated heterocycles. The van der Waals surface area contributed by atoms with E-state index in [2.05, 4.69) is 5.32 Å². The van der Waals surface area contributed by atoms with Crippen molar-refractivity contribution in [3.63, 3.8) is 0 Å². The van der Waals surface area contributed by atoms with Crippen molar-refractivity contribution in [2.24, 2.45) is 0 Å². The molecular weight excluding hydrogens is 309 g/mol. The molecule has 1 aromatic rings. The first-order chi connectivity index (χ1) is 9.31. The molecule has 1 aromatic carbocycles. The number of hydrogen-bond acceptors (Lipinski definition) is 3. The van der Waals surface area contributed by atoms with Crippen LogP contribution in [0.15, 0.2) is 18.2 Å². The Balaban J connectivity index is 2.82. The molecule has 0 radical (unpaired) electrons. The Bertz CT molecular complexity index is 547. The number of rotatable bonds is 6. The lowest BCUT2D eigenvalue weighted by Crippen LogP contribution is -2.41. The minimum Gasteiger partial charge on any atom is -0.481 e. The normalized spacial score (nSPS) is 11.7. The summed E-state index contributed by atoms with van der Waals surface area (Å²) in [5, 5.41) is 20.1. The van der Waals surface area contributed by atoms with Crippen LogP contribution in [0.1, 0.15) is 23.2 Å². The molecule has 6 nitrogen and oxygen atoms in total. The Morgan fingerprint density at radius 3 is 2.40 bits per heavy atom. The molecule has 0 aliphatic carbocycles. The molecule has 1 rings (SSSR count). The molecule has 0 bridgehead atoms. The molecule has 20 heavy (non-hydrogen) atoms. The molecule has 108 valence electrons. The molecule has 0 aliphatic rings. The molecule has 8 heteroatoms. The molecular formula is C12H11Cl2NO5. The number of halogens is 2. The SMILES string of the molecule is O=C(O)CCC(NC(=O)c1cc(Cl)ccc1Cl)C(=O)O. The lowest BCUT2D eigenvalue weighted by Gasteiger charge is -2.14. The lowest BCUT2D eigenvalue weighted by atomic mass is 10.1. The third-order valence-electron chi connectivity index (χ3n) is 2.42. The van der Waals surface area contributed by atoms with Crippen molar-refractivity contribution in [3.05, 3.63) is 33.8 Å². The highest BCUT2D eigenvalue weighted by atomic mass is 35.5. The van der Waals surface area contributed by atoms with E-state index in [9.17, 15) is 14.4 Å². The molecule has 0 spiro atoms. The van der Waals surface area contributed by atoms with Crippen LogP contribution in [0.2, 0.25) is 10.0 Å². The van der Waals surface area contributed by atoms with Crippen molar-refractivity contribution in [2.45, 2.75) is 18.9 Å².